The van der Waals surface area contributed by atoms with Crippen LogP contribution in [0.25, 0.3) is 0 Å². The van der Waals surface area contributed by atoms with E-state index in [1.807, 2.05) is 0 Å². The molecular weight excluding hydrogens is 517 g/mol. The van der Waals surface area contributed by atoms with E-state index < -0.39 is 41.5 Å². The number of nitrogens with zero attached hydrogens (tertiary/aromatic N) is 3. The highest BCUT2D eigenvalue weighted by Crippen LogP contribution is 2.37. The van der Waals surface area contributed by atoms with Crippen LogP contribution in [0.1, 0.15) is 24.2 Å². The molecule has 0 aliphatic carbocycles. The predicted octanol–water partition coefficient (Wildman–Crippen LogP) is 2.85. The summed E-state index contributed by atoms with van der Waals surface area (Å²) in [5.74, 6) is -4.64. The van der Waals surface area contributed by atoms with E-state index >= 15 is 0 Å². The summed E-state index contributed by atoms with van der Waals surface area (Å²) in [7, 11) is 0. The number of carboxylic acids is 1. The van der Waals surface area contributed by atoms with Gasteiger partial charge in [-0.05, 0) is 19.1 Å². The van der Waals surface area contributed by atoms with Crippen molar-refractivity contribution in [2.24, 2.45) is 4.99 Å². The van der Waals surface area contributed by atoms with Gasteiger partial charge in [0.15, 0.2) is 11.7 Å². The van der Waals surface area contributed by atoms with E-state index in [1.54, 1.807) is 11.8 Å². The molecule has 2 aliphatic rings. The third-order valence-corrected chi connectivity index (χ3v) is 6.12. The summed E-state index contributed by atoms with van der Waals surface area (Å²) in [6, 6.07) is 1.89. The first-order valence-electron chi connectivity index (χ1n) is 11.3. The zero-order chi connectivity index (χ0) is 26.7. The van der Waals surface area contributed by atoms with Gasteiger partial charge in [0.05, 0.1) is 31.6 Å². The molecule has 0 bridgehead atoms. The zero-order valence-corrected chi connectivity index (χ0v) is 20.3. The number of aliphatic imine (C=N–C) groups is 1. The van der Waals surface area contributed by atoms with Crippen molar-refractivity contribution in [2.45, 2.75) is 19.0 Å². The van der Waals surface area contributed by atoms with Crippen molar-refractivity contribution in [3.8, 4) is 0 Å². The van der Waals surface area contributed by atoms with Crippen molar-refractivity contribution < 1.29 is 37.3 Å². The van der Waals surface area contributed by atoms with Crippen LogP contribution in [0.5, 0.6) is 0 Å². The van der Waals surface area contributed by atoms with Crippen molar-refractivity contribution in [2.75, 3.05) is 32.9 Å². The van der Waals surface area contributed by atoms with E-state index in [2.05, 4.69) is 15.3 Å². The number of pyridine rings is 1. The molecule has 2 aromatic rings. The molecule has 1 fully saturated rings. The summed E-state index contributed by atoms with van der Waals surface area (Å²) in [6.45, 7) is 1.87. The van der Waals surface area contributed by atoms with Crippen LogP contribution in [0.15, 0.2) is 46.7 Å². The number of aromatic nitrogens is 1. The molecule has 1 saturated heterocycles. The summed E-state index contributed by atoms with van der Waals surface area (Å²) < 4.78 is 52.6. The number of nitrogens with one attached hydrogen (secondary N) is 1. The molecular formula is C24H22ClF3N4O5. The van der Waals surface area contributed by atoms with Gasteiger partial charge in [-0.25, -0.2) is 22.9 Å². The Morgan fingerprint density at radius 3 is 2.73 bits per heavy atom. The van der Waals surface area contributed by atoms with E-state index in [0.29, 0.717) is 6.07 Å². The Labute approximate surface area is 214 Å². The first kappa shape index (κ1) is 26.6. The fourth-order valence-electron chi connectivity index (χ4n) is 4.08. The number of rotatable bonds is 7. The fourth-order valence-corrected chi connectivity index (χ4v) is 4.36. The van der Waals surface area contributed by atoms with E-state index in [4.69, 9.17) is 21.1 Å². The van der Waals surface area contributed by atoms with Gasteiger partial charge >= 0.3 is 11.9 Å². The Kier molecular flexibility index (Phi) is 8.10. The Morgan fingerprint density at radius 1 is 1.27 bits per heavy atom. The highest BCUT2D eigenvalue weighted by molar-refractivity contribution is 6.31. The second kappa shape index (κ2) is 11.3. The maximum atomic E-state index is 14.7. The smallest absolute Gasteiger partial charge is 0.338 e. The second-order valence-electron chi connectivity index (χ2n) is 8.17. The summed E-state index contributed by atoms with van der Waals surface area (Å²) >= 11 is 6.31. The molecule has 0 radical (unpaired) electrons. The molecule has 2 atom stereocenters. The molecule has 196 valence electrons. The molecule has 0 saturated carbocycles. The summed E-state index contributed by atoms with van der Waals surface area (Å²) in [4.78, 5) is 34.8. The standard InChI is InChI=1S/C24H22ClF3N4O5/c1-2-37-24(35)19-17(10-32-5-6-36-11-18(32)23(33)34)30-22(21-16(28)8-13(27)9-29-21)31-20(19)14-4-3-12(26)7-15(14)25/h3-4,7-9,18,20H,2,5-6,10-11H2,1H3,(H,30,31)(H,33,34). The average Bonchev–Trinajstić information content (AvgIpc) is 2.84. The van der Waals surface area contributed by atoms with Gasteiger partial charge in [-0.3, -0.25) is 14.7 Å². The topological polar surface area (TPSA) is 113 Å². The number of benzene rings is 1. The molecule has 37 heavy (non-hydrogen) atoms. The lowest BCUT2D eigenvalue weighted by Crippen LogP contribution is -2.52. The Hall–Kier alpha value is -3.48. The molecule has 3 heterocycles. The molecule has 0 amide bonds. The number of hydrogen-bond acceptors (Lipinski definition) is 8. The SMILES string of the molecule is CCOC(=O)C1=C(CN2CCOCC2C(=O)O)NC(c2ncc(F)cc2F)=NC1c1ccc(F)cc1Cl. The second-order valence-corrected chi connectivity index (χ2v) is 8.57. The van der Waals surface area contributed by atoms with Crippen LogP contribution < -0.4 is 5.32 Å². The first-order chi connectivity index (χ1) is 17.7. The normalized spacial score (nSPS) is 20.3. The van der Waals surface area contributed by atoms with Gasteiger partial charge in [0.1, 0.15) is 29.4 Å². The molecule has 2 N–H and O–H groups in total. The van der Waals surface area contributed by atoms with Crippen LogP contribution in [0.3, 0.4) is 0 Å². The molecule has 13 heteroatoms. The minimum atomic E-state index is -1.20. The lowest BCUT2D eigenvalue weighted by atomic mass is 9.94. The number of ether oxygens (including phenoxy) is 2. The quantitative estimate of drug-likeness (QED) is 0.518. The van der Waals surface area contributed by atoms with Gasteiger partial charge in [-0.15, -0.1) is 0 Å². The van der Waals surface area contributed by atoms with Crippen molar-refractivity contribution in [3.63, 3.8) is 0 Å². The molecule has 1 aromatic carbocycles. The summed E-state index contributed by atoms with van der Waals surface area (Å²) in [6.07, 6.45) is 0.801. The number of esters is 1. The van der Waals surface area contributed by atoms with E-state index in [-0.39, 0.29) is 66.3 Å². The number of morpholine rings is 1. The molecule has 2 aliphatic heterocycles. The summed E-state index contributed by atoms with van der Waals surface area (Å²) in [5.41, 5.74) is -0.0199. The Balaban J connectivity index is 1.88. The minimum absolute atomic E-state index is 0.0134. The highest BCUT2D eigenvalue weighted by Gasteiger charge is 2.37. The molecule has 4 rings (SSSR count). The van der Waals surface area contributed by atoms with Gasteiger partial charge in [0, 0.05) is 35.4 Å². The third-order valence-electron chi connectivity index (χ3n) is 5.80. The van der Waals surface area contributed by atoms with Gasteiger partial charge in [0.25, 0.3) is 0 Å². The summed E-state index contributed by atoms with van der Waals surface area (Å²) in [5, 5.41) is 12.5. The minimum Gasteiger partial charge on any atom is -0.480 e. The maximum absolute atomic E-state index is 14.7. The van der Waals surface area contributed by atoms with Crippen LogP contribution in [0, 0.1) is 17.5 Å². The largest absolute Gasteiger partial charge is 0.480 e. The number of aliphatic carboxylic acids is 1. The monoisotopic (exact) mass is 538 g/mol. The van der Waals surface area contributed by atoms with Crippen LogP contribution in [-0.2, 0) is 19.1 Å². The fraction of sp³-hybridized carbons (Fsp3) is 0.333. The van der Waals surface area contributed by atoms with E-state index in [1.165, 1.54) is 6.07 Å². The lowest BCUT2D eigenvalue weighted by Gasteiger charge is -2.35. The van der Waals surface area contributed by atoms with Crippen LogP contribution in [0.2, 0.25) is 5.02 Å². The number of carbonyl (C=O) groups excluding carboxylic acids is 1. The van der Waals surface area contributed by atoms with E-state index in [0.717, 1.165) is 18.3 Å². The van der Waals surface area contributed by atoms with Crippen LogP contribution in [0.4, 0.5) is 13.2 Å². The van der Waals surface area contributed by atoms with Gasteiger partial charge < -0.3 is 19.9 Å². The molecule has 0 spiro atoms. The molecule has 2 unspecified atom stereocenters. The number of hydrogen-bond donors (Lipinski definition) is 2. The number of amidine groups is 1. The molecule has 9 nitrogen and oxygen atoms in total. The van der Waals surface area contributed by atoms with Gasteiger partial charge in [-0.1, -0.05) is 17.7 Å². The number of halogens is 4. The van der Waals surface area contributed by atoms with Crippen LogP contribution in [-0.4, -0.2) is 71.7 Å². The van der Waals surface area contributed by atoms with Gasteiger partial charge in [-0.2, -0.15) is 0 Å². The number of carboxylic acid groups (broad SMARTS) is 1. The van der Waals surface area contributed by atoms with Crippen molar-refractivity contribution in [1.82, 2.24) is 15.2 Å². The van der Waals surface area contributed by atoms with E-state index in [9.17, 15) is 27.9 Å². The van der Waals surface area contributed by atoms with Crippen molar-refractivity contribution >= 4 is 29.4 Å². The highest BCUT2D eigenvalue weighted by atomic mass is 35.5. The predicted molar refractivity (Wildman–Crippen MR) is 125 cm³/mol. The number of carbonyl (C=O) groups is 2. The van der Waals surface area contributed by atoms with Crippen LogP contribution >= 0.6 is 11.6 Å². The zero-order valence-electron chi connectivity index (χ0n) is 19.5. The van der Waals surface area contributed by atoms with Gasteiger partial charge in [0.2, 0.25) is 0 Å². The Bertz CT molecular complexity index is 1290. The molecule has 1 aromatic heterocycles. The maximum Gasteiger partial charge on any atom is 0.338 e. The third kappa shape index (κ3) is 5.76. The first-order valence-corrected chi connectivity index (χ1v) is 11.6. The Morgan fingerprint density at radius 2 is 2.05 bits per heavy atom. The van der Waals surface area contributed by atoms with Crippen molar-refractivity contribution in [1.29, 1.82) is 0 Å². The average molecular weight is 539 g/mol. The van der Waals surface area contributed by atoms with Crippen molar-refractivity contribution in [3.05, 3.63) is 75.5 Å². The lowest BCUT2D eigenvalue weighted by molar-refractivity contribution is -0.149.